The molecule has 0 fully saturated rings. The molecule has 0 amide bonds. The summed E-state index contributed by atoms with van der Waals surface area (Å²) >= 11 is 11.8. The van der Waals surface area contributed by atoms with Crippen LogP contribution in [0.15, 0.2) is 0 Å². The normalized spacial score (nSPS) is 11.2. The summed E-state index contributed by atoms with van der Waals surface area (Å²) in [6, 6.07) is 0. The smallest absolute Gasteiger partial charge is 0.104 e. The Bertz CT molecular complexity index is 492. The van der Waals surface area contributed by atoms with Crippen molar-refractivity contribution in [2.75, 3.05) is 39.4 Å². The summed E-state index contributed by atoms with van der Waals surface area (Å²) in [7, 11) is 0. The van der Waals surface area contributed by atoms with Crippen molar-refractivity contribution in [2.24, 2.45) is 0 Å². The Morgan fingerprint density at radius 1 is 0.366 bits per heavy atom. The second-order valence-electron chi connectivity index (χ2n) is 12.3. The zero-order chi connectivity index (χ0) is 30.2. The second kappa shape index (κ2) is 32.6. The molecule has 0 saturated carbocycles. The molecule has 0 atom stereocenters. The molecule has 0 aliphatic carbocycles. The molecule has 41 heavy (non-hydrogen) atoms. The van der Waals surface area contributed by atoms with Crippen LogP contribution in [0.1, 0.15) is 182 Å². The summed E-state index contributed by atoms with van der Waals surface area (Å²) in [5.41, 5.74) is 0. The molecule has 0 unspecified atom stereocenters. The van der Waals surface area contributed by atoms with E-state index < -0.39 is 0 Å². The van der Waals surface area contributed by atoms with Gasteiger partial charge in [0, 0.05) is 26.2 Å². The molecule has 0 bridgehead atoms. The van der Waals surface area contributed by atoms with Crippen LogP contribution in [-0.4, -0.2) is 59.2 Å². The summed E-state index contributed by atoms with van der Waals surface area (Å²) in [5, 5.41) is 0. The van der Waals surface area contributed by atoms with E-state index in [0.29, 0.717) is 13.2 Å². The third-order valence-electron chi connectivity index (χ3n) is 8.28. The fourth-order valence-electron chi connectivity index (χ4n) is 5.46. The van der Waals surface area contributed by atoms with Gasteiger partial charge in [-0.05, 0) is 25.7 Å². The zero-order valence-electron chi connectivity index (χ0n) is 28.3. The van der Waals surface area contributed by atoms with Crippen LogP contribution in [0.4, 0.5) is 0 Å². The van der Waals surface area contributed by atoms with E-state index in [9.17, 15) is 0 Å². The number of hydrogen-bond donors (Lipinski definition) is 0. The fourth-order valence-corrected chi connectivity index (χ4v) is 5.99. The molecule has 0 spiro atoms. The SMILES string of the molecule is CCCCCCCCN(CCCCCCCC)C(=S)COCC(=S)N(CCCCCCCC)CCCCCCCC. The van der Waals surface area contributed by atoms with Gasteiger partial charge in [-0.25, -0.2) is 0 Å². The van der Waals surface area contributed by atoms with Crippen molar-refractivity contribution in [3.63, 3.8) is 0 Å². The highest BCUT2D eigenvalue weighted by Crippen LogP contribution is 2.12. The lowest BCUT2D eigenvalue weighted by Gasteiger charge is -2.27. The van der Waals surface area contributed by atoms with Crippen LogP contribution in [0.25, 0.3) is 0 Å². The molecule has 0 aromatic heterocycles. The molecule has 0 aliphatic heterocycles. The average Bonchev–Trinajstić information content (AvgIpc) is 2.97. The van der Waals surface area contributed by atoms with Crippen LogP contribution in [-0.2, 0) is 4.74 Å². The fraction of sp³-hybridized carbons (Fsp3) is 0.944. The summed E-state index contributed by atoms with van der Waals surface area (Å²) in [5.74, 6) is 0. The maximum absolute atomic E-state index is 6.19. The third-order valence-corrected chi connectivity index (χ3v) is 9.03. The topological polar surface area (TPSA) is 15.7 Å². The van der Waals surface area contributed by atoms with E-state index in [-0.39, 0.29) is 0 Å². The minimum Gasteiger partial charge on any atom is -0.367 e. The van der Waals surface area contributed by atoms with Crippen LogP contribution in [0, 0.1) is 0 Å². The van der Waals surface area contributed by atoms with Crippen molar-refractivity contribution in [3.05, 3.63) is 0 Å². The van der Waals surface area contributed by atoms with Gasteiger partial charge >= 0.3 is 0 Å². The van der Waals surface area contributed by atoms with Crippen molar-refractivity contribution in [2.45, 2.75) is 182 Å². The Balaban J connectivity index is 4.67. The Morgan fingerprint density at radius 3 is 0.829 bits per heavy atom. The predicted molar refractivity (Wildman–Crippen MR) is 193 cm³/mol. The summed E-state index contributed by atoms with van der Waals surface area (Å²) in [6.45, 7) is 14.5. The Kier molecular flexibility index (Phi) is 32.4. The van der Waals surface area contributed by atoms with Crippen molar-refractivity contribution in [3.8, 4) is 0 Å². The van der Waals surface area contributed by atoms with Crippen molar-refractivity contribution < 1.29 is 4.74 Å². The van der Waals surface area contributed by atoms with Gasteiger partial charge in [-0.15, -0.1) is 0 Å². The number of ether oxygens (including phenoxy) is 1. The van der Waals surface area contributed by atoms with Gasteiger partial charge in [0.05, 0.1) is 13.2 Å². The number of unbranched alkanes of at least 4 members (excludes halogenated alkanes) is 20. The Hall–Kier alpha value is -0.260. The monoisotopic (exact) mass is 613 g/mol. The van der Waals surface area contributed by atoms with E-state index in [4.69, 9.17) is 29.2 Å². The number of rotatable bonds is 32. The van der Waals surface area contributed by atoms with Gasteiger partial charge in [-0.2, -0.15) is 0 Å². The van der Waals surface area contributed by atoms with Gasteiger partial charge in [0.2, 0.25) is 0 Å². The van der Waals surface area contributed by atoms with Gasteiger partial charge < -0.3 is 14.5 Å². The molecule has 0 aromatic rings. The first kappa shape index (κ1) is 40.7. The highest BCUT2D eigenvalue weighted by Gasteiger charge is 2.13. The predicted octanol–water partition coefficient (Wildman–Crippen LogP) is 11.7. The largest absolute Gasteiger partial charge is 0.367 e. The number of nitrogens with zero attached hydrogens (tertiary/aromatic N) is 2. The molecule has 0 rings (SSSR count). The van der Waals surface area contributed by atoms with Crippen LogP contribution in [0.2, 0.25) is 0 Å². The average molecular weight is 613 g/mol. The quantitative estimate of drug-likeness (QED) is 0.0553. The first-order valence-corrected chi connectivity index (χ1v) is 19.0. The van der Waals surface area contributed by atoms with Crippen LogP contribution in [0.5, 0.6) is 0 Å². The van der Waals surface area contributed by atoms with Gasteiger partial charge in [-0.1, -0.05) is 181 Å². The van der Waals surface area contributed by atoms with Crippen molar-refractivity contribution >= 4 is 34.4 Å². The standard InChI is InChI=1S/C36H72N2OS2/c1-5-9-13-17-21-25-29-37(30-26-22-18-14-10-6-2)35(40)33-39-34-36(41)38(31-27-23-19-15-11-7-3)32-28-24-20-16-12-8-4/h5-34H2,1-4H3. The van der Waals surface area contributed by atoms with E-state index in [1.54, 1.807) is 0 Å². The lowest BCUT2D eigenvalue weighted by atomic mass is 10.1. The maximum Gasteiger partial charge on any atom is 0.104 e. The molecule has 0 aromatic carbocycles. The minimum absolute atomic E-state index is 0.531. The highest BCUT2D eigenvalue weighted by atomic mass is 32.1. The minimum atomic E-state index is 0.531. The summed E-state index contributed by atoms with van der Waals surface area (Å²) < 4.78 is 6.19. The van der Waals surface area contributed by atoms with Crippen LogP contribution >= 0.6 is 24.4 Å². The van der Waals surface area contributed by atoms with Crippen LogP contribution < -0.4 is 0 Å². The highest BCUT2D eigenvalue weighted by molar-refractivity contribution is 7.80. The first-order chi connectivity index (χ1) is 20.1. The van der Waals surface area contributed by atoms with E-state index in [1.807, 2.05) is 0 Å². The zero-order valence-corrected chi connectivity index (χ0v) is 30.0. The van der Waals surface area contributed by atoms with Gasteiger partial charge in [0.25, 0.3) is 0 Å². The number of hydrogen-bond acceptors (Lipinski definition) is 3. The molecular formula is C36H72N2OS2. The number of thiocarbonyl (C=S) groups is 2. The lowest BCUT2D eigenvalue weighted by molar-refractivity contribution is 0.194. The second-order valence-corrected chi connectivity index (χ2v) is 13.3. The van der Waals surface area contributed by atoms with Gasteiger partial charge in [0.1, 0.15) is 9.98 Å². The molecular weight excluding hydrogens is 541 g/mol. The molecule has 0 radical (unpaired) electrons. The van der Waals surface area contributed by atoms with E-state index in [0.717, 1.165) is 36.2 Å². The van der Waals surface area contributed by atoms with E-state index in [1.165, 1.54) is 154 Å². The molecule has 3 nitrogen and oxygen atoms in total. The van der Waals surface area contributed by atoms with E-state index in [2.05, 4.69) is 37.5 Å². The third kappa shape index (κ3) is 27.1. The molecule has 0 aliphatic rings. The van der Waals surface area contributed by atoms with Gasteiger partial charge in [-0.3, -0.25) is 0 Å². The Morgan fingerprint density at radius 2 is 0.585 bits per heavy atom. The maximum atomic E-state index is 6.19. The van der Waals surface area contributed by atoms with E-state index >= 15 is 0 Å². The van der Waals surface area contributed by atoms with Gasteiger partial charge in [0.15, 0.2) is 0 Å². The Labute approximate surface area is 269 Å². The molecule has 5 heteroatoms. The molecule has 244 valence electrons. The first-order valence-electron chi connectivity index (χ1n) is 18.2. The van der Waals surface area contributed by atoms with Crippen molar-refractivity contribution in [1.82, 2.24) is 9.80 Å². The summed E-state index contributed by atoms with van der Waals surface area (Å²) in [4.78, 5) is 6.85. The molecule has 0 heterocycles. The van der Waals surface area contributed by atoms with Crippen molar-refractivity contribution in [1.29, 1.82) is 0 Å². The lowest BCUT2D eigenvalue weighted by Crippen LogP contribution is -2.37. The molecule has 0 N–H and O–H groups in total. The summed E-state index contributed by atoms with van der Waals surface area (Å²) in [6.07, 6.45) is 31.8. The van der Waals surface area contributed by atoms with Crippen LogP contribution in [0.3, 0.4) is 0 Å². The molecule has 0 saturated heterocycles.